The summed E-state index contributed by atoms with van der Waals surface area (Å²) in [6.07, 6.45) is 6.27. The Labute approximate surface area is 128 Å². The van der Waals surface area contributed by atoms with Gasteiger partial charge in [0.25, 0.3) is 0 Å². The van der Waals surface area contributed by atoms with Gasteiger partial charge in [-0.25, -0.2) is 4.98 Å². The van der Waals surface area contributed by atoms with Crippen LogP contribution in [0, 0.1) is 0 Å². The fourth-order valence-corrected chi connectivity index (χ4v) is 2.57. The second-order valence-corrected chi connectivity index (χ2v) is 5.47. The van der Waals surface area contributed by atoms with Gasteiger partial charge in [-0.2, -0.15) is 0 Å². The summed E-state index contributed by atoms with van der Waals surface area (Å²) in [6.45, 7) is 0.678. The van der Waals surface area contributed by atoms with E-state index >= 15 is 0 Å². The molecule has 1 aliphatic carbocycles. The molecule has 0 saturated heterocycles. The van der Waals surface area contributed by atoms with Crippen molar-refractivity contribution in [2.24, 2.45) is 0 Å². The lowest BCUT2D eigenvalue weighted by atomic mass is 10.2. The van der Waals surface area contributed by atoms with Gasteiger partial charge in [0.2, 0.25) is 0 Å². The number of imidazole rings is 1. The van der Waals surface area contributed by atoms with Crippen LogP contribution in [0.1, 0.15) is 24.6 Å². The Morgan fingerprint density at radius 2 is 2.05 bits per heavy atom. The first-order chi connectivity index (χ1) is 10.2. The number of hydrogen-bond acceptors (Lipinski definition) is 4. The highest BCUT2D eigenvalue weighted by Crippen LogP contribution is 2.37. The molecule has 5 nitrogen and oxygen atoms in total. The maximum Gasteiger partial charge on any atom is 0.143 e. The van der Waals surface area contributed by atoms with Crippen LogP contribution in [-0.4, -0.2) is 23.8 Å². The Morgan fingerprint density at radius 1 is 1.29 bits per heavy atom. The second kappa shape index (κ2) is 5.85. The minimum atomic E-state index is 0.530. The first kappa shape index (κ1) is 14.1. The zero-order valence-corrected chi connectivity index (χ0v) is 12.9. The molecule has 0 amide bonds. The Kier molecular flexibility index (Phi) is 3.92. The largest absolute Gasteiger partial charge is 0.495 e. The minimum Gasteiger partial charge on any atom is -0.495 e. The van der Waals surface area contributed by atoms with Crippen molar-refractivity contribution in [2.45, 2.75) is 25.4 Å². The van der Waals surface area contributed by atoms with E-state index in [-0.39, 0.29) is 0 Å². The van der Waals surface area contributed by atoms with E-state index in [1.165, 1.54) is 12.8 Å². The number of nitrogens with one attached hydrogen (secondary N) is 1. The summed E-state index contributed by atoms with van der Waals surface area (Å²) in [5.41, 5.74) is 2.01. The van der Waals surface area contributed by atoms with Crippen LogP contribution in [0.15, 0.2) is 24.7 Å². The molecule has 2 aromatic rings. The van der Waals surface area contributed by atoms with Gasteiger partial charge >= 0.3 is 0 Å². The topological polar surface area (TPSA) is 48.3 Å². The molecule has 1 N–H and O–H groups in total. The highest BCUT2D eigenvalue weighted by molar-refractivity contribution is 6.32. The van der Waals surface area contributed by atoms with Gasteiger partial charge in [0, 0.05) is 24.4 Å². The SMILES string of the molecule is COc1cc(NCc2cncn2C2CC2)c(OC)cc1Cl. The number of aromatic nitrogens is 2. The summed E-state index contributed by atoms with van der Waals surface area (Å²) in [5, 5.41) is 3.90. The van der Waals surface area contributed by atoms with Crippen LogP contribution in [0.4, 0.5) is 5.69 Å². The van der Waals surface area contributed by atoms with Crippen LogP contribution in [0.5, 0.6) is 11.5 Å². The molecule has 0 radical (unpaired) electrons. The van der Waals surface area contributed by atoms with Gasteiger partial charge in [-0.05, 0) is 12.8 Å². The molecule has 1 aromatic heterocycles. The lowest BCUT2D eigenvalue weighted by Gasteiger charge is -2.14. The van der Waals surface area contributed by atoms with Crippen molar-refractivity contribution in [3.63, 3.8) is 0 Å². The van der Waals surface area contributed by atoms with Crippen LogP contribution < -0.4 is 14.8 Å². The first-order valence-electron chi connectivity index (χ1n) is 6.89. The molecule has 0 atom stereocenters. The molecule has 0 spiro atoms. The molecule has 112 valence electrons. The zero-order valence-electron chi connectivity index (χ0n) is 12.1. The van der Waals surface area contributed by atoms with E-state index in [1.807, 2.05) is 18.6 Å². The molecule has 21 heavy (non-hydrogen) atoms. The maximum absolute atomic E-state index is 6.11. The number of halogens is 1. The molecule has 1 saturated carbocycles. The van der Waals surface area contributed by atoms with E-state index in [2.05, 4.69) is 14.9 Å². The maximum atomic E-state index is 6.11. The number of rotatable bonds is 6. The predicted molar refractivity (Wildman–Crippen MR) is 82.4 cm³/mol. The molecule has 0 bridgehead atoms. The Hall–Kier alpha value is -1.88. The Balaban J connectivity index is 1.79. The molecular formula is C15H18ClN3O2. The number of anilines is 1. The third-order valence-corrected chi connectivity index (χ3v) is 3.92. The second-order valence-electron chi connectivity index (χ2n) is 5.06. The number of hydrogen-bond donors (Lipinski definition) is 1. The smallest absolute Gasteiger partial charge is 0.143 e. The minimum absolute atomic E-state index is 0.530. The average Bonchev–Trinajstić information content (AvgIpc) is 3.24. The summed E-state index contributed by atoms with van der Waals surface area (Å²) in [6, 6.07) is 4.21. The third-order valence-electron chi connectivity index (χ3n) is 3.62. The highest BCUT2D eigenvalue weighted by atomic mass is 35.5. The zero-order chi connectivity index (χ0) is 14.8. The van der Waals surface area contributed by atoms with Crippen molar-refractivity contribution < 1.29 is 9.47 Å². The van der Waals surface area contributed by atoms with E-state index in [0.29, 0.717) is 29.1 Å². The van der Waals surface area contributed by atoms with Gasteiger partial charge in [-0.3, -0.25) is 0 Å². The normalized spacial score (nSPS) is 14.0. The van der Waals surface area contributed by atoms with E-state index < -0.39 is 0 Å². The van der Waals surface area contributed by atoms with Crippen molar-refractivity contribution in [2.75, 3.05) is 19.5 Å². The molecular weight excluding hydrogens is 290 g/mol. The molecule has 1 heterocycles. The molecule has 1 aliphatic rings. The lowest BCUT2D eigenvalue weighted by Crippen LogP contribution is -2.07. The van der Waals surface area contributed by atoms with Crippen LogP contribution in [0.2, 0.25) is 5.02 Å². The third kappa shape index (κ3) is 2.93. The predicted octanol–water partition coefficient (Wildman–Crippen LogP) is 3.50. The quantitative estimate of drug-likeness (QED) is 0.887. The summed E-state index contributed by atoms with van der Waals surface area (Å²) in [7, 11) is 3.22. The van der Waals surface area contributed by atoms with Gasteiger partial charge in [-0.1, -0.05) is 11.6 Å². The van der Waals surface area contributed by atoms with Crippen molar-refractivity contribution in [3.8, 4) is 11.5 Å². The molecule has 6 heteroatoms. The van der Waals surface area contributed by atoms with Crippen LogP contribution in [0.3, 0.4) is 0 Å². The molecule has 1 fully saturated rings. The van der Waals surface area contributed by atoms with Crippen LogP contribution >= 0.6 is 11.6 Å². The van der Waals surface area contributed by atoms with E-state index in [9.17, 15) is 0 Å². The molecule has 0 aliphatic heterocycles. The van der Waals surface area contributed by atoms with Crippen molar-refractivity contribution in [1.29, 1.82) is 0 Å². The van der Waals surface area contributed by atoms with Gasteiger partial charge in [-0.15, -0.1) is 0 Å². The summed E-state index contributed by atoms with van der Waals surface area (Å²) in [5.74, 6) is 1.31. The average molecular weight is 308 g/mol. The molecule has 0 unspecified atom stereocenters. The highest BCUT2D eigenvalue weighted by Gasteiger charge is 2.25. The monoisotopic (exact) mass is 307 g/mol. The number of methoxy groups -OCH3 is 2. The standard InChI is InChI=1S/C15H18ClN3O2/c1-20-14-6-13(15(21-2)5-12(14)16)18-8-11-7-17-9-19(11)10-3-4-10/h5-7,9-10,18H,3-4,8H2,1-2H3. The van der Waals surface area contributed by atoms with Gasteiger partial charge in [0.1, 0.15) is 11.5 Å². The van der Waals surface area contributed by atoms with Crippen molar-refractivity contribution in [3.05, 3.63) is 35.4 Å². The van der Waals surface area contributed by atoms with Gasteiger partial charge in [0.05, 0.1) is 43.5 Å². The number of ether oxygens (including phenoxy) is 2. The summed E-state index contributed by atoms with van der Waals surface area (Å²) < 4.78 is 12.8. The van der Waals surface area contributed by atoms with E-state index in [4.69, 9.17) is 21.1 Å². The van der Waals surface area contributed by atoms with Crippen molar-refractivity contribution >= 4 is 17.3 Å². The van der Waals surface area contributed by atoms with Crippen LogP contribution in [-0.2, 0) is 6.54 Å². The Bertz CT molecular complexity index is 638. The van der Waals surface area contributed by atoms with Gasteiger partial charge < -0.3 is 19.4 Å². The molecule has 3 rings (SSSR count). The fourth-order valence-electron chi connectivity index (χ4n) is 2.33. The number of benzene rings is 1. The fraction of sp³-hybridized carbons (Fsp3) is 0.400. The lowest BCUT2D eigenvalue weighted by molar-refractivity contribution is 0.404. The summed E-state index contributed by atoms with van der Waals surface area (Å²) >= 11 is 6.11. The Morgan fingerprint density at radius 3 is 2.71 bits per heavy atom. The van der Waals surface area contributed by atoms with E-state index in [0.717, 1.165) is 11.4 Å². The molecule has 1 aromatic carbocycles. The summed E-state index contributed by atoms with van der Waals surface area (Å²) in [4.78, 5) is 4.23. The van der Waals surface area contributed by atoms with E-state index in [1.54, 1.807) is 20.3 Å². The van der Waals surface area contributed by atoms with Crippen molar-refractivity contribution in [1.82, 2.24) is 9.55 Å². The number of nitrogens with zero attached hydrogens (tertiary/aromatic N) is 2. The van der Waals surface area contributed by atoms with Crippen LogP contribution in [0.25, 0.3) is 0 Å². The van der Waals surface area contributed by atoms with Gasteiger partial charge in [0.15, 0.2) is 0 Å². The first-order valence-corrected chi connectivity index (χ1v) is 7.27.